The molecule has 0 radical (unpaired) electrons. The van der Waals surface area contributed by atoms with Crippen molar-refractivity contribution in [3.8, 4) is 5.69 Å². The normalized spacial score (nSPS) is 19.8. The Morgan fingerprint density at radius 2 is 1.96 bits per heavy atom. The Kier molecular flexibility index (Phi) is 4.29. The van der Waals surface area contributed by atoms with Crippen molar-refractivity contribution in [2.24, 2.45) is 5.41 Å². The van der Waals surface area contributed by atoms with Crippen LogP contribution in [0.4, 0.5) is 8.78 Å². The van der Waals surface area contributed by atoms with E-state index in [1.807, 2.05) is 0 Å². The van der Waals surface area contributed by atoms with Gasteiger partial charge < -0.3 is 10.0 Å². The zero-order chi connectivity index (χ0) is 19.2. The van der Waals surface area contributed by atoms with Crippen molar-refractivity contribution in [2.75, 3.05) is 13.1 Å². The lowest BCUT2D eigenvalue weighted by atomic mass is 9.90. The zero-order valence-electron chi connectivity index (χ0n) is 14.7. The summed E-state index contributed by atoms with van der Waals surface area (Å²) in [5.74, 6) is -2.76. The van der Waals surface area contributed by atoms with Gasteiger partial charge in [-0.05, 0) is 39.3 Å². The second kappa shape index (κ2) is 6.19. The van der Waals surface area contributed by atoms with E-state index in [1.54, 1.807) is 20.8 Å². The lowest BCUT2D eigenvalue weighted by Gasteiger charge is -2.20. The van der Waals surface area contributed by atoms with Crippen LogP contribution in [0.3, 0.4) is 0 Å². The van der Waals surface area contributed by atoms with Gasteiger partial charge in [0.05, 0.1) is 22.4 Å². The average molecular weight is 363 g/mol. The predicted octanol–water partition coefficient (Wildman–Crippen LogP) is 2.70. The molecule has 0 bridgehead atoms. The van der Waals surface area contributed by atoms with Crippen LogP contribution in [-0.2, 0) is 4.79 Å². The highest BCUT2D eigenvalue weighted by Crippen LogP contribution is 2.32. The van der Waals surface area contributed by atoms with Gasteiger partial charge in [0.1, 0.15) is 11.5 Å². The molecule has 2 heterocycles. The topological polar surface area (TPSA) is 75.4 Å². The Labute approximate surface area is 149 Å². The Balaban J connectivity index is 1.96. The number of aliphatic carboxylic acids is 1. The molecule has 0 unspecified atom stereocenters. The molecule has 0 spiro atoms. The Morgan fingerprint density at radius 3 is 2.54 bits per heavy atom. The fourth-order valence-corrected chi connectivity index (χ4v) is 3.31. The average Bonchev–Trinajstić information content (AvgIpc) is 3.09. The molecule has 138 valence electrons. The maximum absolute atomic E-state index is 14.1. The van der Waals surface area contributed by atoms with E-state index < -0.39 is 23.0 Å². The number of carbonyl (C=O) groups excluding carboxylic acids is 1. The monoisotopic (exact) mass is 363 g/mol. The second-order valence-corrected chi connectivity index (χ2v) is 6.90. The molecule has 0 saturated carbocycles. The lowest BCUT2D eigenvalue weighted by molar-refractivity contribution is -0.147. The summed E-state index contributed by atoms with van der Waals surface area (Å²) in [5, 5.41) is 13.6. The number of hydrogen-bond acceptors (Lipinski definition) is 3. The zero-order valence-corrected chi connectivity index (χ0v) is 14.7. The molecule has 1 N–H and O–H groups in total. The number of amides is 1. The van der Waals surface area contributed by atoms with E-state index in [2.05, 4.69) is 5.10 Å². The molecular formula is C18H19F2N3O3. The first kappa shape index (κ1) is 18.0. The van der Waals surface area contributed by atoms with Crippen LogP contribution in [0, 0.1) is 30.9 Å². The van der Waals surface area contributed by atoms with Crippen LogP contribution in [0.5, 0.6) is 0 Å². The molecule has 1 aromatic heterocycles. The highest BCUT2D eigenvalue weighted by molar-refractivity contribution is 5.97. The van der Waals surface area contributed by atoms with Crippen LogP contribution in [0.15, 0.2) is 18.2 Å². The number of hydrogen-bond donors (Lipinski definition) is 1. The van der Waals surface area contributed by atoms with Gasteiger partial charge in [-0.25, -0.2) is 13.5 Å². The highest BCUT2D eigenvalue weighted by atomic mass is 19.1. The number of aromatic nitrogens is 2. The van der Waals surface area contributed by atoms with Crippen molar-refractivity contribution in [1.82, 2.24) is 14.7 Å². The largest absolute Gasteiger partial charge is 0.481 e. The van der Waals surface area contributed by atoms with E-state index in [1.165, 1.54) is 15.6 Å². The Bertz CT molecular complexity index is 909. The minimum Gasteiger partial charge on any atom is -0.481 e. The summed E-state index contributed by atoms with van der Waals surface area (Å²) in [6.07, 6.45) is 0.368. The Morgan fingerprint density at radius 1 is 1.27 bits per heavy atom. The fourth-order valence-electron chi connectivity index (χ4n) is 3.31. The maximum atomic E-state index is 14.1. The van der Waals surface area contributed by atoms with Crippen molar-refractivity contribution in [1.29, 1.82) is 0 Å². The third-order valence-corrected chi connectivity index (χ3v) is 4.92. The van der Waals surface area contributed by atoms with Crippen LogP contribution in [-0.4, -0.2) is 44.8 Å². The highest BCUT2D eigenvalue weighted by Gasteiger charge is 2.43. The quantitative estimate of drug-likeness (QED) is 0.910. The van der Waals surface area contributed by atoms with Crippen LogP contribution >= 0.6 is 0 Å². The Hall–Kier alpha value is -2.77. The number of carbonyl (C=O) groups is 2. The standard InChI is InChI=1S/C18H19F2N3O3/c1-10-15(16(24)22-7-6-18(3,9-22)17(25)26)11(2)23(21-10)14-5-4-12(19)8-13(14)20/h4-5,8H,6-7,9H2,1-3H3,(H,25,26)/t18-/m0/s1. The van der Waals surface area contributed by atoms with Gasteiger partial charge >= 0.3 is 5.97 Å². The van der Waals surface area contributed by atoms with Crippen LogP contribution in [0.25, 0.3) is 5.69 Å². The molecule has 6 nitrogen and oxygen atoms in total. The van der Waals surface area contributed by atoms with Crippen LogP contribution in [0.1, 0.15) is 35.1 Å². The molecule has 1 amide bonds. The van der Waals surface area contributed by atoms with Crippen molar-refractivity contribution >= 4 is 11.9 Å². The SMILES string of the molecule is Cc1nn(-c2ccc(F)cc2F)c(C)c1C(=O)N1CC[C@](C)(C(=O)O)C1. The number of nitrogens with zero attached hydrogens (tertiary/aromatic N) is 3. The van der Waals surface area contributed by atoms with Gasteiger partial charge in [-0.2, -0.15) is 5.10 Å². The molecule has 1 fully saturated rings. The first-order valence-electron chi connectivity index (χ1n) is 8.18. The van der Waals surface area contributed by atoms with Gasteiger partial charge in [0.15, 0.2) is 5.82 Å². The molecule has 8 heteroatoms. The molecule has 26 heavy (non-hydrogen) atoms. The number of halogens is 2. The molecule has 1 atom stereocenters. The third kappa shape index (κ3) is 2.85. The van der Waals surface area contributed by atoms with E-state index >= 15 is 0 Å². The summed E-state index contributed by atoms with van der Waals surface area (Å²) in [7, 11) is 0. The maximum Gasteiger partial charge on any atom is 0.311 e. The number of aryl methyl sites for hydroxylation is 1. The van der Waals surface area contributed by atoms with Crippen molar-refractivity contribution in [2.45, 2.75) is 27.2 Å². The predicted molar refractivity (Wildman–Crippen MR) is 89.2 cm³/mol. The molecule has 1 aliphatic rings. The molecule has 2 aromatic rings. The van der Waals surface area contributed by atoms with Gasteiger partial charge in [-0.1, -0.05) is 0 Å². The number of rotatable bonds is 3. The number of carboxylic acids is 1. The van der Waals surface area contributed by atoms with Gasteiger partial charge in [-0.3, -0.25) is 9.59 Å². The van der Waals surface area contributed by atoms with Gasteiger partial charge in [-0.15, -0.1) is 0 Å². The van der Waals surface area contributed by atoms with E-state index in [9.17, 15) is 23.5 Å². The first-order valence-corrected chi connectivity index (χ1v) is 8.18. The van der Waals surface area contributed by atoms with E-state index in [4.69, 9.17) is 0 Å². The minimum atomic E-state index is -0.976. The number of carboxylic acid groups (broad SMARTS) is 1. The number of benzene rings is 1. The molecule has 1 saturated heterocycles. The van der Waals surface area contributed by atoms with E-state index in [0.29, 0.717) is 29.9 Å². The minimum absolute atomic E-state index is 0.0443. The van der Waals surface area contributed by atoms with Gasteiger partial charge in [0.25, 0.3) is 5.91 Å². The third-order valence-electron chi connectivity index (χ3n) is 4.92. The molecule has 1 aliphatic heterocycles. The van der Waals surface area contributed by atoms with E-state index in [0.717, 1.165) is 12.1 Å². The fraction of sp³-hybridized carbons (Fsp3) is 0.389. The van der Waals surface area contributed by atoms with Crippen LogP contribution < -0.4 is 0 Å². The van der Waals surface area contributed by atoms with Crippen molar-refractivity contribution < 1.29 is 23.5 Å². The summed E-state index contributed by atoms with van der Waals surface area (Å²) in [5.41, 5.74) is 0.199. The van der Waals surface area contributed by atoms with Crippen LogP contribution in [0.2, 0.25) is 0 Å². The van der Waals surface area contributed by atoms with E-state index in [-0.39, 0.29) is 18.1 Å². The summed E-state index contributed by atoms with van der Waals surface area (Å²) >= 11 is 0. The van der Waals surface area contributed by atoms with Gasteiger partial charge in [0, 0.05) is 19.2 Å². The smallest absolute Gasteiger partial charge is 0.311 e. The molecule has 0 aliphatic carbocycles. The summed E-state index contributed by atoms with van der Waals surface area (Å²) in [4.78, 5) is 25.8. The summed E-state index contributed by atoms with van der Waals surface area (Å²) < 4.78 is 28.5. The first-order chi connectivity index (χ1) is 12.1. The molecule has 1 aromatic carbocycles. The van der Waals surface area contributed by atoms with Gasteiger partial charge in [0.2, 0.25) is 0 Å². The summed E-state index contributed by atoms with van der Waals surface area (Å²) in [6.45, 7) is 5.31. The molecule has 3 rings (SSSR count). The second-order valence-electron chi connectivity index (χ2n) is 6.90. The number of likely N-dealkylation sites (tertiary alicyclic amines) is 1. The van der Waals surface area contributed by atoms with Crippen molar-refractivity contribution in [3.63, 3.8) is 0 Å². The molecular weight excluding hydrogens is 344 g/mol. The lowest BCUT2D eigenvalue weighted by Crippen LogP contribution is -2.35. The van der Waals surface area contributed by atoms with Crippen molar-refractivity contribution in [3.05, 3.63) is 46.8 Å². The summed E-state index contributed by atoms with van der Waals surface area (Å²) in [6, 6.07) is 3.14.